The van der Waals surface area contributed by atoms with E-state index in [1.165, 1.54) is 0 Å². The predicted octanol–water partition coefficient (Wildman–Crippen LogP) is 4.45. The Morgan fingerprint density at radius 1 is 1.26 bits per heavy atom. The number of carbonyl (C=O) groups excluding carboxylic acids is 1. The zero-order valence-corrected chi connectivity index (χ0v) is 16.4. The normalized spacial score (nSPS) is 12.3. The summed E-state index contributed by atoms with van der Waals surface area (Å²) in [5, 5.41) is 14.0. The summed E-state index contributed by atoms with van der Waals surface area (Å²) in [6.07, 6.45) is 3.33. The van der Waals surface area contributed by atoms with E-state index in [-0.39, 0.29) is 17.5 Å². The van der Waals surface area contributed by atoms with Gasteiger partial charge in [-0.2, -0.15) is 0 Å². The van der Waals surface area contributed by atoms with Crippen molar-refractivity contribution < 1.29 is 14.1 Å². The van der Waals surface area contributed by atoms with E-state index in [9.17, 15) is 4.79 Å². The first-order valence-corrected chi connectivity index (χ1v) is 9.74. The van der Waals surface area contributed by atoms with Crippen LogP contribution >= 0.6 is 11.3 Å². The summed E-state index contributed by atoms with van der Waals surface area (Å²) >= 11 is 1.55. The molecule has 142 valence electrons. The molecule has 8 heteroatoms. The van der Waals surface area contributed by atoms with Gasteiger partial charge in [-0.05, 0) is 25.0 Å². The second-order valence-corrected chi connectivity index (χ2v) is 7.62. The van der Waals surface area contributed by atoms with Crippen molar-refractivity contribution >= 4 is 17.3 Å². The highest BCUT2D eigenvalue weighted by atomic mass is 32.1. The minimum absolute atomic E-state index is 0.183. The van der Waals surface area contributed by atoms with Crippen molar-refractivity contribution in [1.82, 2.24) is 20.3 Å². The van der Waals surface area contributed by atoms with Crippen molar-refractivity contribution in [3.8, 4) is 10.7 Å². The molecule has 3 heterocycles. The van der Waals surface area contributed by atoms with E-state index >= 15 is 0 Å². The summed E-state index contributed by atoms with van der Waals surface area (Å²) < 4.78 is 10.4. The fourth-order valence-electron chi connectivity index (χ4n) is 2.44. The van der Waals surface area contributed by atoms with Crippen LogP contribution in [0.3, 0.4) is 0 Å². The second kappa shape index (κ2) is 8.85. The molecule has 3 rings (SSSR count). The Morgan fingerprint density at radius 2 is 2.11 bits per heavy atom. The number of hydrogen-bond acceptors (Lipinski definition) is 8. The van der Waals surface area contributed by atoms with Crippen LogP contribution in [0.25, 0.3) is 10.7 Å². The standard InChI is InChI=1S/C19H22N4O3S/c1-12(2)16-11-15(23-26-16)19(24)25-10-6-7-13(3)17-21-22-18(27-17)14-8-4-5-9-20-14/h4-5,8-9,11-13H,6-7,10H2,1-3H3. The van der Waals surface area contributed by atoms with Crippen LogP contribution in [0.4, 0.5) is 0 Å². The van der Waals surface area contributed by atoms with Crippen LogP contribution in [0, 0.1) is 0 Å². The van der Waals surface area contributed by atoms with Gasteiger partial charge < -0.3 is 9.26 Å². The molecule has 1 unspecified atom stereocenters. The van der Waals surface area contributed by atoms with E-state index in [2.05, 4.69) is 27.3 Å². The summed E-state index contributed by atoms with van der Waals surface area (Å²) in [4.78, 5) is 16.3. The Labute approximate surface area is 161 Å². The lowest BCUT2D eigenvalue weighted by Gasteiger charge is -2.07. The number of carbonyl (C=O) groups is 1. The van der Waals surface area contributed by atoms with Crippen molar-refractivity contribution in [3.05, 3.63) is 46.9 Å². The molecule has 0 aliphatic heterocycles. The van der Waals surface area contributed by atoms with E-state index < -0.39 is 5.97 Å². The molecule has 0 spiro atoms. The Balaban J connectivity index is 1.45. The van der Waals surface area contributed by atoms with Crippen LogP contribution in [0.15, 0.2) is 35.0 Å². The number of pyridine rings is 1. The molecule has 0 fully saturated rings. The third-order valence-corrected chi connectivity index (χ3v) is 5.24. The minimum atomic E-state index is -0.452. The van der Waals surface area contributed by atoms with Crippen molar-refractivity contribution in [2.24, 2.45) is 0 Å². The van der Waals surface area contributed by atoms with Gasteiger partial charge in [-0.15, -0.1) is 10.2 Å². The van der Waals surface area contributed by atoms with Crippen LogP contribution in [0.5, 0.6) is 0 Å². The quantitative estimate of drug-likeness (QED) is 0.417. The van der Waals surface area contributed by atoms with Crippen LogP contribution in [0.2, 0.25) is 0 Å². The molecule has 0 bridgehead atoms. The number of ether oxygens (including phenoxy) is 1. The van der Waals surface area contributed by atoms with Crippen LogP contribution in [0.1, 0.15) is 66.7 Å². The molecular weight excluding hydrogens is 364 g/mol. The molecule has 0 radical (unpaired) electrons. The van der Waals surface area contributed by atoms with E-state index in [0.29, 0.717) is 12.4 Å². The fourth-order valence-corrected chi connectivity index (χ4v) is 3.34. The number of esters is 1. The first-order chi connectivity index (χ1) is 13.0. The molecule has 3 aromatic rings. The van der Waals surface area contributed by atoms with Crippen molar-refractivity contribution in [3.63, 3.8) is 0 Å². The van der Waals surface area contributed by atoms with E-state index in [1.54, 1.807) is 23.6 Å². The summed E-state index contributed by atoms with van der Waals surface area (Å²) in [7, 11) is 0. The van der Waals surface area contributed by atoms with Crippen molar-refractivity contribution in [1.29, 1.82) is 0 Å². The molecule has 0 aromatic carbocycles. The van der Waals surface area contributed by atoms with Gasteiger partial charge in [0.2, 0.25) is 0 Å². The number of hydrogen-bond donors (Lipinski definition) is 0. The Bertz CT molecular complexity index is 876. The van der Waals surface area contributed by atoms with E-state index in [4.69, 9.17) is 9.26 Å². The minimum Gasteiger partial charge on any atom is -0.461 e. The molecule has 0 amide bonds. The van der Waals surface area contributed by atoms with Crippen LogP contribution < -0.4 is 0 Å². The summed E-state index contributed by atoms with van der Waals surface area (Å²) in [6.45, 7) is 6.38. The maximum absolute atomic E-state index is 12.0. The third-order valence-electron chi connectivity index (χ3n) is 4.07. The largest absolute Gasteiger partial charge is 0.461 e. The number of rotatable bonds is 8. The van der Waals surface area contributed by atoms with Gasteiger partial charge in [0.25, 0.3) is 0 Å². The van der Waals surface area contributed by atoms with Crippen molar-refractivity contribution in [2.45, 2.75) is 45.4 Å². The van der Waals surface area contributed by atoms with Crippen LogP contribution in [-0.2, 0) is 4.74 Å². The molecule has 0 saturated carbocycles. The van der Waals surface area contributed by atoms with Gasteiger partial charge in [0.1, 0.15) is 16.5 Å². The summed E-state index contributed by atoms with van der Waals surface area (Å²) in [5.41, 5.74) is 1.05. The smallest absolute Gasteiger partial charge is 0.360 e. The van der Waals surface area contributed by atoms with Gasteiger partial charge in [0.15, 0.2) is 10.7 Å². The van der Waals surface area contributed by atoms with E-state index in [0.717, 1.165) is 28.6 Å². The molecular formula is C19H22N4O3S. The second-order valence-electron chi connectivity index (χ2n) is 6.61. The SMILES string of the molecule is CC(C)c1cc(C(=O)OCCCC(C)c2nnc(-c3ccccn3)s2)no1. The number of aromatic nitrogens is 4. The summed E-state index contributed by atoms with van der Waals surface area (Å²) in [5.74, 6) is 0.642. The summed E-state index contributed by atoms with van der Waals surface area (Å²) in [6, 6.07) is 7.36. The molecule has 0 saturated heterocycles. The average Bonchev–Trinajstić information content (AvgIpc) is 3.35. The fraction of sp³-hybridized carbons (Fsp3) is 0.421. The lowest BCUT2D eigenvalue weighted by Crippen LogP contribution is -2.07. The van der Waals surface area contributed by atoms with Gasteiger partial charge in [-0.3, -0.25) is 4.98 Å². The van der Waals surface area contributed by atoms with Gasteiger partial charge >= 0.3 is 5.97 Å². The van der Waals surface area contributed by atoms with Gasteiger partial charge in [-0.1, -0.05) is 43.3 Å². The number of nitrogens with zero attached hydrogens (tertiary/aromatic N) is 4. The average molecular weight is 386 g/mol. The zero-order valence-electron chi connectivity index (χ0n) is 15.6. The maximum atomic E-state index is 12.0. The highest BCUT2D eigenvalue weighted by Gasteiger charge is 2.17. The predicted molar refractivity (Wildman–Crippen MR) is 102 cm³/mol. The highest BCUT2D eigenvalue weighted by Crippen LogP contribution is 2.28. The highest BCUT2D eigenvalue weighted by molar-refractivity contribution is 7.14. The van der Waals surface area contributed by atoms with Gasteiger partial charge in [-0.25, -0.2) is 4.79 Å². The monoisotopic (exact) mass is 386 g/mol. The first kappa shape index (κ1) is 19.2. The van der Waals surface area contributed by atoms with Crippen LogP contribution in [-0.4, -0.2) is 32.9 Å². The van der Waals surface area contributed by atoms with Crippen molar-refractivity contribution in [2.75, 3.05) is 6.61 Å². The van der Waals surface area contributed by atoms with Gasteiger partial charge in [0.05, 0.1) is 6.61 Å². The lowest BCUT2D eigenvalue weighted by molar-refractivity contribution is 0.0485. The zero-order chi connectivity index (χ0) is 19.2. The third kappa shape index (κ3) is 4.97. The molecule has 27 heavy (non-hydrogen) atoms. The van der Waals surface area contributed by atoms with E-state index in [1.807, 2.05) is 32.0 Å². The molecule has 7 nitrogen and oxygen atoms in total. The maximum Gasteiger partial charge on any atom is 0.360 e. The molecule has 0 aliphatic rings. The topological polar surface area (TPSA) is 91.0 Å². The molecule has 3 aromatic heterocycles. The molecule has 0 aliphatic carbocycles. The Kier molecular flexibility index (Phi) is 6.28. The molecule has 0 N–H and O–H groups in total. The molecule has 1 atom stereocenters. The lowest BCUT2D eigenvalue weighted by atomic mass is 10.1. The van der Waals surface area contributed by atoms with Gasteiger partial charge in [0, 0.05) is 24.1 Å². The Morgan fingerprint density at radius 3 is 2.81 bits per heavy atom. The Hall–Kier alpha value is -2.61. The first-order valence-electron chi connectivity index (χ1n) is 8.93.